The van der Waals surface area contributed by atoms with Crippen molar-refractivity contribution in [3.63, 3.8) is 0 Å². The summed E-state index contributed by atoms with van der Waals surface area (Å²) in [6.45, 7) is 1.68. The van der Waals surface area contributed by atoms with E-state index in [1.807, 2.05) is 18.8 Å². The monoisotopic (exact) mass is 330 g/mol. The summed E-state index contributed by atoms with van der Waals surface area (Å²) < 4.78 is 2.81. The molecule has 1 aromatic heterocycles. The van der Waals surface area contributed by atoms with E-state index >= 15 is 0 Å². The first-order valence-electron chi connectivity index (χ1n) is 6.77. The molecule has 0 aromatic carbocycles. The van der Waals surface area contributed by atoms with Gasteiger partial charge in [0.15, 0.2) is 0 Å². The highest BCUT2D eigenvalue weighted by Crippen LogP contribution is 2.39. The van der Waals surface area contributed by atoms with E-state index in [1.165, 1.54) is 0 Å². The first kappa shape index (κ1) is 15.0. The van der Waals surface area contributed by atoms with Crippen molar-refractivity contribution >= 4 is 15.9 Å². The van der Waals surface area contributed by atoms with Crippen molar-refractivity contribution in [1.82, 2.24) is 14.7 Å². The van der Waals surface area contributed by atoms with Crippen LogP contribution < -0.4 is 5.73 Å². The molecule has 3 N–H and O–H groups in total. The largest absolute Gasteiger partial charge is 0.384 e. The lowest BCUT2D eigenvalue weighted by Crippen LogP contribution is -2.39. The van der Waals surface area contributed by atoms with E-state index in [-0.39, 0.29) is 6.04 Å². The predicted octanol–water partition coefficient (Wildman–Crippen LogP) is 1.30. The molecule has 5 nitrogen and oxygen atoms in total. The topological polar surface area (TPSA) is 67.3 Å². The maximum Gasteiger partial charge on any atom is 0.107 e. The van der Waals surface area contributed by atoms with E-state index in [0.717, 1.165) is 36.1 Å². The third-order valence-corrected chi connectivity index (χ3v) is 4.43. The lowest BCUT2D eigenvalue weighted by Gasteiger charge is -2.35. The standard InChI is InChI=1S/C13H23BrN4O/c1-17(2)7-8-18-12(11(14)9-16-18)13(19)5-3-10(15)4-6-13/h9-10,19H,3-8,15H2,1-2H3. The lowest BCUT2D eigenvalue weighted by atomic mass is 9.80. The van der Waals surface area contributed by atoms with Gasteiger partial charge >= 0.3 is 0 Å². The van der Waals surface area contributed by atoms with Crippen molar-refractivity contribution in [3.05, 3.63) is 16.4 Å². The molecule has 0 atom stereocenters. The van der Waals surface area contributed by atoms with Crippen LogP contribution in [0, 0.1) is 0 Å². The summed E-state index contributed by atoms with van der Waals surface area (Å²) in [4.78, 5) is 2.11. The molecule has 0 spiro atoms. The van der Waals surface area contributed by atoms with Gasteiger partial charge in [0.1, 0.15) is 5.60 Å². The molecule has 0 aliphatic heterocycles. The summed E-state index contributed by atoms with van der Waals surface area (Å²) in [5.74, 6) is 0. The Kier molecular flexibility index (Phi) is 4.66. The third kappa shape index (κ3) is 3.37. The Morgan fingerprint density at radius 1 is 1.53 bits per heavy atom. The number of hydrogen-bond acceptors (Lipinski definition) is 4. The minimum atomic E-state index is -0.794. The van der Waals surface area contributed by atoms with Gasteiger partial charge in [-0.1, -0.05) is 0 Å². The molecule has 1 aliphatic carbocycles. The molecular weight excluding hydrogens is 308 g/mol. The third-order valence-electron chi connectivity index (χ3n) is 3.85. The number of aliphatic hydroxyl groups is 1. The van der Waals surface area contributed by atoms with Crippen LogP contribution in [0.4, 0.5) is 0 Å². The Morgan fingerprint density at radius 3 is 2.74 bits per heavy atom. The maximum absolute atomic E-state index is 10.9. The second-order valence-electron chi connectivity index (χ2n) is 5.74. The lowest BCUT2D eigenvalue weighted by molar-refractivity contribution is -0.0138. The van der Waals surface area contributed by atoms with Gasteiger partial charge in [-0.25, -0.2) is 0 Å². The molecule has 1 aromatic rings. The highest BCUT2D eigenvalue weighted by atomic mass is 79.9. The van der Waals surface area contributed by atoms with E-state index in [4.69, 9.17) is 5.73 Å². The Labute approximate surface area is 122 Å². The van der Waals surface area contributed by atoms with Gasteiger partial charge < -0.3 is 15.7 Å². The van der Waals surface area contributed by atoms with Crippen LogP contribution in [0.25, 0.3) is 0 Å². The second kappa shape index (κ2) is 5.91. The van der Waals surface area contributed by atoms with E-state index in [1.54, 1.807) is 6.20 Å². The Hall–Kier alpha value is -0.430. The maximum atomic E-state index is 10.9. The van der Waals surface area contributed by atoms with Gasteiger partial charge in [-0.05, 0) is 55.7 Å². The van der Waals surface area contributed by atoms with Crippen molar-refractivity contribution in [1.29, 1.82) is 0 Å². The smallest absolute Gasteiger partial charge is 0.107 e. The first-order valence-corrected chi connectivity index (χ1v) is 7.56. The number of nitrogens with two attached hydrogens (primary N) is 1. The van der Waals surface area contributed by atoms with E-state index in [0.29, 0.717) is 12.8 Å². The van der Waals surface area contributed by atoms with Crippen LogP contribution in [0.3, 0.4) is 0 Å². The molecule has 0 unspecified atom stereocenters. The zero-order chi connectivity index (χ0) is 14.0. The van der Waals surface area contributed by atoms with Gasteiger partial charge in [-0.15, -0.1) is 0 Å². The normalized spacial score (nSPS) is 28.0. The van der Waals surface area contributed by atoms with Crippen LogP contribution in [-0.2, 0) is 12.1 Å². The van der Waals surface area contributed by atoms with Crippen LogP contribution in [-0.4, -0.2) is 46.5 Å². The molecule has 108 valence electrons. The summed E-state index contributed by atoms with van der Waals surface area (Å²) in [5, 5.41) is 15.3. The van der Waals surface area contributed by atoms with Crippen LogP contribution in [0.2, 0.25) is 0 Å². The van der Waals surface area contributed by atoms with E-state index in [9.17, 15) is 5.11 Å². The summed E-state index contributed by atoms with van der Waals surface area (Å²) in [5.41, 5.74) is 6.04. The van der Waals surface area contributed by atoms with E-state index < -0.39 is 5.60 Å². The quantitative estimate of drug-likeness (QED) is 0.873. The van der Waals surface area contributed by atoms with Crippen LogP contribution in [0.15, 0.2) is 10.7 Å². The van der Waals surface area contributed by atoms with Gasteiger partial charge in [0.25, 0.3) is 0 Å². The highest BCUT2D eigenvalue weighted by molar-refractivity contribution is 9.10. The van der Waals surface area contributed by atoms with Crippen molar-refractivity contribution in [3.8, 4) is 0 Å². The van der Waals surface area contributed by atoms with Gasteiger partial charge in [0, 0.05) is 12.6 Å². The van der Waals surface area contributed by atoms with Crippen LogP contribution in [0.5, 0.6) is 0 Å². The summed E-state index contributed by atoms with van der Waals surface area (Å²) in [6.07, 6.45) is 4.92. The SMILES string of the molecule is CN(C)CCn1ncc(Br)c1C1(O)CCC(N)CC1. The van der Waals surface area contributed by atoms with Crippen molar-refractivity contribution in [2.24, 2.45) is 5.73 Å². The van der Waals surface area contributed by atoms with Crippen LogP contribution >= 0.6 is 15.9 Å². The number of halogens is 1. The Bertz CT molecular complexity index is 424. The summed E-state index contributed by atoms with van der Waals surface area (Å²) in [7, 11) is 4.07. The summed E-state index contributed by atoms with van der Waals surface area (Å²) >= 11 is 3.52. The number of hydrogen-bond donors (Lipinski definition) is 2. The number of rotatable bonds is 4. The first-order chi connectivity index (χ1) is 8.92. The molecule has 1 heterocycles. The zero-order valence-electron chi connectivity index (χ0n) is 11.6. The zero-order valence-corrected chi connectivity index (χ0v) is 13.2. The minimum Gasteiger partial charge on any atom is -0.384 e. The average molecular weight is 331 g/mol. The molecule has 1 saturated carbocycles. The molecule has 19 heavy (non-hydrogen) atoms. The fourth-order valence-electron chi connectivity index (χ4n) is 2.64. The molecule has 1 fully saturated rings. The van der Waals surface area contributed by atoms with Gasteiger partial charge in [0.05, 0.1) is 22.9 Å². The van der Waals surface area contributed by atoms with Crippen molar-refractivity contribution in [2.45, 2.75) is 43.9 Å². The number of aromatic nitrogens is 2. The molecule has 1 aliphatic rings. The average Bonchev–Trinajstić information content (AvgIpc) is 2.73. The van der Waals surface area contributed by atoms with Crippen LogP contribution in [0.1, 0.15) is 31.4 Å². The minimum absolute atomic E-state index is 0.220. The highest BCUT2D eigenvalue weighted by Gasteiger charge is 2.38. The predicted molar refractivity (Wildman–Crippen MR) is 78.8 cm³/mol. The number of likely N-dealkylation sites (N-methyl/N-ethyl adjacent to an activating group) is 1. The molecule has 0 radical (unpaired) electrons. The van der Waals surface area contributed by atoms with E-state index in [2.05, 4.69) is 25.9 Å². The van der Waals surface area contributed by atoms with Gasteiger partial charge in [-0.2, -0.15) is 5.10 Å². The summed E-state index contributed by atoms with van der Waals surface area (Å²) in [6, 6.07) is 0.220. The molecule has 2 rings (SSSR count). The number of nitrogens with zero attached hydrogens (tertiary/aromatic N) is 3. The second-order valence-corrected chi connectivity index (χ2v) is 6.59. The van der Waals surface area contributed by atoms with Gasteiger partial charge in [-0.3, -0.25) is 4.68 Å². The van der Waals surface area contributed by atoms with Gasteiger partial charge in [0.2, 0.25) is 0 Å². The molecule has 0 bridgehead atoms. The Balaban J connectivity index is 2.20. The van der Waals surface area contributed by atoms with Crippen molar-refractivity contribution < 1.29 is 5.11 Å². The molecule has 0 amide bonds. The van der Waals surface area contributed by atoms with Crippen molar-refractivity contribution in [2.75, 3.05) is 20.6 Å². The molecule has 6 heteroatoms. The fraction of sp³-hybridized carbons (Fsp3) is 0.769. The fourth-order valence-corrected chi connectivity index (χ4v) is 3.31. The molecular formula is C13H23BrN4O. The Morgan fingerprint density at radius 2 is 2.16 bits per heavy atom. The molecule has 0 saturated heterocycles.